The second kappa shape index (κ2) is 14.2. The summed E-state index contributed by atoms with van der Waals surface area (Å²) in [4.78, 5) is 14.2. The molecule has 0 saturated heterocycles. The minimum absolute atomic E-state index is 0.341. The van der Waals surface area contributed by atoms with E-state index in [9.17, 15) is 18.0 Å². The van der Waals surface area contributed by atoms with Crippen LogP contribution in [0.25, 0.3) is 10.9 Å². The van der Waals surface area contributed by atoms with E-state index in [1.807, 2.05) is 30.3 Å². The summed E-state index contributed by atoms with van der Waals surface area (Å²) in [6, 6.07) is 14.9. The van der Waals surface area contributed by atoms with Crippen LogP contribution >= 0.6 is 0 Å². The van der Waals surface area contributed by atoms with Crippen molar-refractivity contribution in [2.45, 2.75) is 71.0 Å². The van der Waals surface area contributed by atoms with Gasteiger partial charge in [0.05, 0.1) is 11.1 Å². The van der Waals surface area contributed by atoms with Gasteiger partial charge in [-0.2, -0.15) is 13.2 Å². The molecule has 0 aliphatic heterocycles. The van der Waals surface area contributed by atoms with Gasteiger partial charge in [-0.15, -0.1) is 0 Å². The second-order valence-corrected chi connectivity index (χ2v) is 8.19. The molecule has 3 rings (SSSR count). The zero-order valence-electron chi connectivity index (χ0n) is 19.6. The van der Waals surface area contributed by atoms with Gasteiger partial charge < -0.3 is 10.4 Å². The number of benzene rings is 2. The van der Waals surface area contributed by atoms with Gasteiger partial charge in [0.15, 0.2) is 0 Å². The van der Waals surface area contributed by atoms with Crippen molar-refractivity contribution in [3.05, 3.63) is 71.9 Å². The Bertz CT molecular complexity index is 1010. The number of pyridine rings is 1. The molecule has 0 fully saturated rings. The molecular formula is C27H33F3N2O2. The van der Waals surface area contributed by atoms with Gasteiger partial charge in [0, 0.05) is 30.2 Å². The first-order valence-electron chi connectivity index (χ1n) is 11.8. The highest BCUT2D eigenvalue weighted by atomic mass is 19.4. The Morgan fingerprint density at radius 3 is 2.26 bits per heavy atom. The predicted molar refractivity (Wildman–Crippen MR) is 131 cm³/mol. The third-order valence-corrected chi connectivity index (χ3v) is 5.39. The number of nitrogens with one attached hydrogen (secondary N) is 1. The molecule has 4 nitrogen and oxygen atoms in total. The minimum atomic E-state index is -4.36. The summed E-state index contributed by atoms with van der Waals surface area (Å²) in [5.41, 5.74) is 1.56. The fourth-order valence-corrected chi connectivity index (χ4v) is 3.50. The average Bonchev–Trinajstić information content (AvgIpc) is 2.82. The summed E-state index contributed by atoms with van der Waals surface area (Å²) in [5, 5.41) is 12.0. The van der Waals surface area contributed by atoms with E-state index >= 15 is 0 Å². The van der Waals surface area contributed by atoms with E-state index in [-0.39, 0.29) is 0 Å². The topological polar surface area (TPSA) is 62.2 Å². The number of nitrogens with zero attached hydrogens (tertiary/aromatic N) is 1. The molecular weight excluding hydrogens is 441 g/mol. The monoisotopic (exact) mass is 474 g/mol. The number of unbranched alkanes of at least 4 members (excludes halogenated alkanes) is 6. The number of hydrogen-bond acceptors (Lipinski definition) is 3. The van der Waals surface area contributed by atoms with Gasteiger partial charge in [-0.25, -0.2) is 0 Å². The van der Waals surface area contributed by atoms with E-state index in [0.29, 0.717) is 29.6 Å². The summed E-state index contributed by atoms with van der Waals surface area (Å²) >= 11 is 0. The molecule has 0 aliphatic rings. The average molecular weight is 475 g/mol. The number of carboxylic acids is 1. The smallest absolute Gasteiger partial charge is 0.416 e. The van der Waals surface area contributed by atoms with Crippen molar-refractivity contribution in [1.29, 1.82) is 0 Å². The van der Waals surface area contributed by atoms with Crippen molar-refractivity contribution in [2.75, 3.05) is 5.32 Å². The van der Waals surface area contributed by atoms with Gasteiger partial charge in [0.25, 0.3) is 0 Å². The fourth-order valence-electron chi connectivity index (χ4n) is 3.50. The van der Waals surface area contributed by atoms with Crippen LogP contribution in [-0.2, 0) is 17.5 Å². The Morgan fingerprint density at radius 2 is 1.62 bits per heavy atom. The first-order chi connectivity index (χ1) is 16.3. The van der Waals surface area contributed by atoms with Crippen molar-refractivity contribution >= 4 is 22.6 Å². The first kappa shape index (κ1) is 27.2. The van der Waals surface area contributed by atoms with Gasteiger partial charge in [0.2, 0.25) is 0 Å². The Morgan fingerprint density at radius 1 is 0.941 bits per heavy atom. The SMILES string of the molecule is CCCCCCCCCC(=O)O.FC(F)(F)c1ccc2nccc(NCc3ccccc3)c2c1. The summed E-state index contributed by atoms with van der Waals surface area (Å²) in [6.07, 6.45) is 5.87. The maximum Gasteiger partial charge on any atom is 0.416 e. The lowest BCUT2D eigenvalue weighted by Gasteiger charge is -2.12. The largest absolute Gasteiger partial charge is 0.481 e. The van der Waals surface area contributed by atoms with Crippen molar-refractivity contribution in [2.24, 2.45) is 0 Å². The number of anilines is 1. The zero-order valence-corrected chi connectivity index (χ0v) is 19.6. The Kier molecular flexibility index (Phi) is 11.4. The lowest BCUT2D eigenvalue weighted by molar-refractivity contribution is -0.138. The molecule has 0 amide bonds. The van der Waals surface area contributed by atoms with Crippen LogP contribution in [0.5, 0.6) is 0 Å². The molecule has 0 aliphatic carbocycles. The lowest BCUT2D eigenvalue weighted by Crippen LogP contribution is -2.05. The maximum absolute atomic E-state index is 12.9. The van der Waals surface area contributed by atoms with Gasteiger partial charge >= 0.3 is 12.1 Å². The third-order valence-electron chi connectivity index (χ3n) is 5.39. The Labute approximate surface area is 199 Å². The molecule has 3 aromatic rings. The summed E-state index contributed by atoms with van der Waals surface area (Å²) in [6.45, 7) is 2.74. The highest BCUT2D eigenvalue weighted by molar-refractivity contribution is 5.91. The quantitative estimate of drug-likeness (QED) is 0.276. The number of rotatable bonds is 11. The van der Waals surface area contributed by atoms with E-state index in [1.54, 1.807) is 12.3 Å². The van der Waals surface area contributed by atoms with E-state index in [1.165, 1.54) is 38.2 Å². The predicted octanol–water partition coefficient (Wildman–Crippen LogP) is 8.08. The van der Waals surface area contributed by atoms with E-state index in [0.717, 1.165) is 30.5 Å². The van der Waals surface area contributed by atoms with Crippen LogP contribution < -0.4 is 5.32 Å². The van der Waals surface area contributed by atoms with E-state index in [2.05, 4.69) is 17.2 Å². The zero-order chi connectivity index (χ0) is 24.8. The second-order valence-electron chi connectivity index (χ2n) is 8.19. The normalized spacial score (nSPS) is 11.1. The Balaban J connectivity index is 0.000000292. The number of alkyl halides is 3. The summed E-state index contributed by atoms with van der Waals surface area (Å²) in [5.74, 6) is -0.663. The minimum Gasteiger partial charge on any atom is -0.481 e. The van der Waals surface area contributed by atoms with Gasteiger partial charge in [-0.1, -0.05) is 75.8 Å². The van der Waals surface area contributed by atoms with Crippen LogP contribution in [0, 0.1) is 0 Å². The van der Waals surface area contributed by atoms with Crippen molar-refractivity contribution in [3.63, 3.8) is 0 Å². The van der Waals surface area contributed by atoms with Crippen LogP contribution in [0.3, 0.4) is 0 Å². The van der Waals surface area contributed by atoms with Crippen LogP contribution in [0.4, 0.5) is 18.9 Å². The van der Waals surface area contributed by atoms with Crippen LogP contribution in [0.1, 0.15) is 69.4 Å². The Hall–Kier alpha value is -3.09. The number of carboxylic acid groups (broad SMARTS) is 1. The fraction of sp³-hybridized carbons (Fsp3) is 0.407. The molecule has 1 heterocycles. The molecule has 34 heavy (non-hydrogen) atoms. The number of fused-ring (bicyclic) bond motifs is 1. The first-order valence-corrected chi connectivity index (χ1v) is 11.8. The summed E-state index contributed by atoms with van der Waals surface area (Å²) in [7, 11) is 0. The van der Waals surface area contributed by atoms with E-state index in [4.69, 9.17) is 5.11 Å². The molecule has 0 atom stereocenters. The molecule has 2 N–H and O–H groups in total. The molecule has 0 radical (unpaired) electrons. The number of aliphatic carboxylic acids is 1. The molecule has 0 spiro atoms. The molecule has 0 saturated carbocycles. The number of aromatic nitrogens is 1. The number of carbonyl (C=O) groups is 1. The number of hydrogen-bond donors (Lipinski definition) is 2. The van der Waals surface area contributed by atoms with Crippen molar-refractivity contribution < 1.29 is 23.1 Å². The van der Waals surface area contributed by atoms with E-state index < -0.39 is 17.7 Å². The van der Waals surface area contributed by atoms with Crippen LogP contribution in [0.2, 0.25) is 0 Å². The van der Waals surface area contributed by atoms with Gasteiger partial charge in [-0.05, 0) is 36.2 Å². The summed E-state index contributed by atoms with van der Waals surface area (Å²) < 4.78 is 38.6. The highest BCUT2D eigenvalue weighted by Crippen LogP contribution is 2.33. The molecule has 0 unspecified atom stereocenters. The van der Waals surface area contributed by atoms with Gasteiger partial charge in [0.1, 0.15) is 0 Å². The van der Waals surface area contributed by atoms with Crippen molar-refractivity contribution in [3.8, 4) is 0 Å². The standard InChI is InChI=1S/C17H13F3N2.C10H20O2/c18-17(19,20)13-6-7-15-14(10-13)16(8-9-21-15)22-11-12-4-2-1-3-5-12;1-2-3-4-5-6-7-8-9-10(11)12/h1-10H,11H2,(H,21,22);2-9H2,1H3,(H,11,12). The maximum atomic E-state index is 12.9. The number of halogens is 3. The molecule has 184 valence electrons. The molecule has 2 aromatic carbocycles. The third kappa shape index (κ3) is 9.81. The van der Waals surface area contributed by atoms with Crippen molar-refractivity contribution in [1.82, 2.24) is 4.98 Å². The van der Waals surface area contributed by atoms with Crippen LogP contribution in [0.15, 0.2) is 60.8 Å². The molecule has 0 bridgehead atoms. The molecule has 1 aromatic heterocycles. The highest BCUT2D eigenvalue weighted by Gasteiger charge is 2.30. The van der Waals surface area contributed by atoms with Gasteiger partial charge in [-0.3, -0.25) is 9.78 Å². The molecule has 7 heteroatoms. The van der Waals surface area contributed by atoms with Crippen LogP contribution in [-0.4, -0.2) is 16.1 Å². The lowest BCUT2D eigenvalue weighted by atomic mass is 10.1.